The van der Waals surface area contributed by atoms with Crippen molar-refractivity contribution < 1.29 is 9.21 Å². The predicted molar refractivity (Wildman–Crippen MR) is 109 cm³/mol. The molecule has 0 saturated heterocycles. The Morgan fingerprint density at radius 1 is 1.14 bits per heavy atom. The van der Waals surface area contributed by atoms with Crippen LogP contribution >= 0.6 is 11.8 Å². The van der Waals surface area contributed by atoms with Crippen LogP contribution in [-0.4, -0.2) is 31.4 Å². The van der Waals surface area contributed by atoms with Crippen LogP contribution in [0.3, 0.4) is 0 Å². The number of anilines is 1. The molecule has 1 N–H and O–H groups in total. The molecule has 0 fully saturated rings. The summed E-state index contributed by atoms with van der Waals surface area (Å²) in [6, 6.07) is 11.6. The Labute approximate surface area is 166 Å². The van der Waals surface area contributed by atoms with E-state index >= 15 is 0 Å². The summed E-state index contributed by atoms with van der Waals surface area (Å²) in [6.07, 6.45) is 1.66. The van der Waals surface area contributed by atoms with E-state index in [9.17, 15) is 4.79 Å². The molecule has 8 heteroatoms. The number of nitrogens with one attached hydrogen (secondary N) is 1. The molecule has 2 aromatic heterocycles. The Kier molecular flexibility index (Phi) is 4.87. The van der Waals surface area contributed by atoms with Crippen LogP contribution in [0.15, 0.2) is 52.3 Å². The van der Waals surface area contributed by atoms with Gasteiger partial charge in [0.15, 0.2) is 16.6 Å². The summed E-state index contributed by atoms with van der Waals surface area (Å²) in [7, 11) is 0. The van der Waals surface area contributed by atoms with E-state index in [0.717, 1.165) is 11.2 Å². The lowest BCUT2D eigenvalue weighted by Gasteiger charge is -2.09. The van der Waals surface area contributed by atoms with Crippen LogP contribution in [0.2, 0.25) is 0 Å². The summed E-state index contributed by atoms with van der Waals surface area (Å²) >= 11 is 1.34. The minimum absolute atomic E-state index is 0.126. The highest BCUT2D eigenvalue weighted by atomic mass is 32.2. The van der Waals surface area contributed by atoms with Crippen molar-refractivity contribution in [3.05, 3.63) is 59.7 Å². The van der Waals surface area contributed by atoms with Crippen LogP contribution in [0, 0.1) is 20.8 Å². The van der Waals surface area contributed by atoms with E-state index in [2.05, 4.69) is 46.5 Å². The van der Waals surface area contributed by atoms with E-state index in [-0.39, 0.29) is 11.7 Å². The number of oxazole rings is 1. The number of aryl methyl sites for hydroxylation is 3. The van der Waals surface area contributed by atoms with E-state index in [0.29, 0.717) is 22.3 Å². The van der Waals surface area contributed by atoms with Crippen LogP contribution in [0.5, 0.6) is 0 Å². The average Bonchev–Trinajstić information content (AvgIpc) is 3.27. The van der Waals surface area contributed by atoms with Gasteiger partial charge in [-0.3, -0.25) is 9.36 Å². The van der Waals surface area contributed by atoms with Gasteiger partial charge in [0.25, 0.3) is 0 Å². The van der Waals surface area contributed by atoms with Gasteiger partial charge in [-0.25, -0.2) is 4.98 Å². The smallest absolute Gasteiger partial charge is 0.234 e. The molecular weight excluding hydrogens is 374 g/mol. The molecule has 4 rings (SSSR count). The van der Waals surface area contributed by atoms with E-state index < -0.39 is 0 Å². The molecule has 0 spiro atoms. The third-order valence-electron chi connectivity index (χ3n) is 4.40. The maximum atomic E-state index is 12.4. The molecule has 2 aromatic carbocycles. The standard InChI is InChI=1S/C20H19N5O2S/c1-12-4-6-16(8-13(12)2)25-11-21-24-20(25)28-10-19(26)23-15-5-7-18-17(9-15)22-14(3)27-18/h4-9,11H,10H2,1-3H3,(H,23,26). The van der Waals surface area contributed by atoms with Crippen molar-refractivity contribution in [2.75, 3.05) is 11.1 Å². The number of hydrogen-bond acceptors (Lipinski definition) is 6. The number of nitrogens with zero attached hydrogens (tertiary/aromatic N) is 4. The first-order valence-electron chi connectivity index (χ1n) is 8.77. The Bertz CT molecular complexity index is 1160. The number of rotatable bonds is 5. The van der Waals surface area contributed by atoms with Gasteiger partial charge in [0.1, 0.15) is 11.8 Å². The summed E-state index contributed by atoms with van der Waals surface area (Å²) in [5.41, 5.74) is 5.50. The first-order valence-corrected chi connectivity index (χ1v) is 9.75. The minimum Gasteiger partial charge on any atom is -0.441 e. The Balaban J connectivity index is 1.43. The lowest BCUT2D eigenvalue weighted by Crippen LogP contribution is -2.14. The summed E-state index contributed by atoms with van der Waals surface area (Å²) in [5.74, 6) is 0.693. The van der Waals surface area contributed by atoms with Crippen molar-refractivity contribution in [1.82, 2.24) is 19.7 Å². The topological polar surface area (TPSA) is 85.8 Å². The summed E-state index contributed by atoms with van der Waals surface area (Å²) in [4.78, 5) is 16.6. The third kappa shape index (κ3) is 3.77. The molecule has 28 heavy (non-hydrogen) atoms. The highest BCUT2D eigenvalue weighted by Crippen LogP contribution is 2.23. The van der Waals surface area contributed by atoms with Crippen LogP contribution in [0.25, 0.3) is 16.8 Å². The molecule has 0 aliphatic carbocycles. The summed E-state index contributed by atoms with van der Waals surface area (Å²) in [5, 5.41) is 11.7. The first-order chi connectivity index (χ1) is 13.5. The lowest BCUT2D eigenvalue weighted by atomic mass is 10.1. The fourth-order valence-corrected chi connectivity index (χ4v) is 3.55. The van der Waals surface area contributed by atoms with Gasteiger partial charge in [0.2, 0.25) is 5.91 Å². The zero-order valence-corrected chi connectivity index (χ0v) is 16.6. The lowest BCUT2D eigenvalue weighted by molar-refractivity contribution is -0.113. The quantitative estimate of drug-likeness (QED) is 0.515. The van der Waals surface area contributed by atoms with E-state index in [1.54, 1.807) is 31.5 Å². The second kappa shape index (κ2) is 7.47. The predicted octanol–water partition coefficient (Wildman–Crippen LogP) is 4.06. The van der Waals surface area contributed by atoms with Gasteiger partial charge < -0.3 is 9.73 Å². The number of hydrogen-bond donors (Lipinski definition) is 1. The van der Waals surface area contributed by atoms with Gasteiger partial charge in [0.05, 0.1) is 5.75 Å². The van der Waals surface area contributed by atoms with Crippen molar-refractivity contribution >= 4 is 34.5 Å². The summed E-state index contributed by atoms with van der Waals surface area (Å²) < 4.78 is 7.33. The van der Waals surface area contributed by atoms with Crippen LogP contribution in [-0.2, 0) is 4.79 Å². The van der Waals surface area contributed by atoms with Crippen molar-refractivity contribution in [1.29, 1.82) is 0 Å². The molecule has 7 nitrogen and oxygen atoms in total. The molecule has 0 aliphatic heterocycles. The number of amides is 1. The van der Waals surface area contributed by atoms with Crippen molar-refractivity contribution in [3.63, 3.8) is 0 Å². The molecule has 142 valence electrons. The number of thioether (sulfide) groups is 1. The number of aromatic nitrogens is 4. The van der Waals surface area contributed by atoms with Gasteiger partial charge in [0, 0.05) is 18.3 Å². The van der Waals surface area contributed by atoms with Gasteiger partial charge in [-0.1, -0.05) is 17.8 Å². The highest BCUT2D eigenvalue weighted by Gasteiger charge is 2.12. The number of benzene rings is 2. The van der Waals surface area contributed by atoms with Crippen LogP contribution in [0.4, 0.5) is 5.69 Å². The molecule has 1 amide bonds. The number of fused-ring (bicyclic) bond motifs is 1. The number of carbonyl (C=O) groups excluding carboxylic acids is 1. The van der Waals surface area contributed by atoms with Gasteiger partial charge in [-0.05, 0) is 55.3 Å². The molecule has 0 atom stereocenters. The summed E-state index contributed by atoms with van der Waals surface area (Å²) in [6.45, 7) is 5.93. The van der Waals surface area contributed by atoms with Crippen molar-refractivity contribution in [2.45, 2.75) is 25.9 Å². The zero-order valence-electron chi connectivity index (χ0n) is 15.8. The average molecular weight is 393 g/mol. The van der Waals surface area contributed by atoms with Crippen molar-refractivity contribution in [3.8, 4) is 5.69 Å². The number of carbonyl (C=O) groups is 1. The van der Waals surface area contributed by atoms with Gasteiger partial charge >= 0.3 is 0 Å². The van der Waals surface area contributed by atoms with Gasteiger partial charge in [-0.2, -0.15) is 0 Å². The fraction of sp³-hybridized carbons (Fsp3) is 0.200. The SMILES string of the molecule is Cc1nc2cc(NC(=O)CSc3nncn3-c3ccc(C)c(C)c3)ccc2o1. The van der Waals surface area contributed by atoms with Crippen LogP contribution < -0.4 is 5.32 Å². The largest absolute Gasteiger partial charge is 0.441 e. The minimum atomic E-state index is -0.126. The molecule has 0 aliphatic rings. The van der Waals surface area contributed by atoms with Gasteiger partial charge in [-0.15, -0.1) is 10.2 Å². The monoisotopic (exact) mass is 393 g/mol. The normalized spacial score (nSPS) is 11.1. The maximum absolute atomic E-state index is 12.4. The zero-order chi connectivity index (χ0) is 19.7. The maximum Gasteiger partial charge on any atom is 0.234 e. The van der Waals surface area contributed by atoms with E-state index in [1.807, 2.05) is 10.6 Å². The Morgan fingerprint density at radius 3 is 2.82 bits per heavy atom. The molecule has 2 heterocycles. The molecule has 0 unspecified atom stereocenters. The fourth-order valence-electron chi connectivity index (χ4n) is 2.82. The first kappa shape index (κ1) is 18.2. The second-order valence-corrected chi connectivity index (χ2v) is 7.45. The Hall–Kier alpha value is -3.13. The Morgan fingerprint density at radius 2 is 2.00 bits per heavy atom. The molecule has 0 radical (unpaired) electrons. The van der Waals surface area contributed by atoms with Crippen molar-refractivity contribution in [2.24, 2.45) is 0 Å². The van der Waals surface area contributed by atoms with E-state index in [1.165, 1.54) is 22.9 Å². The second-order valence-electron chi connectivity index (χ2n) is 6.50. The third-order valence-corrected chi connectivity index (χ3v) is 5.34. The molecular formula is C20H19N5O2S. The molecule has 4 aromatic rings. The highest BCUT2D eigenvalue weighted by molar-refractivity contribution is 7.99. The molecule has 0 saturated carbocycles. The van der Waals surface area contributed by atoms with Crippen LogP contribution in [0.1, 0.15) is 17.0 Å². The van der Waals surface area contributed by atoms with E-state index in [4.69, 9.17) is 4.42 Å². The molecule has 0 bridgehead atoms.